The molecule has 0 amide bonds. The predicted octanol–water partition coefficient (Wildman–Crippen LogP) is -1.38. The monoisotopic (exact) mass is 266 g/mol. The molecular weight excluding hydrogens is 252 g/mol. The molecule has 0 aromatic carbocycles. The van der Waals surface area contributed by atoms with E-state index in [-0.39, 0.29) is 6.61 Å². The minimum Gasteiger partial charge on any atom is -0.394 e. The van der Waals surface area contributed by atoms with Crippen LogP contribution in [0.5, 0.6) is 0 Å². The van der Waals surface area contributed by atoms with Gasteiger partial charge in [-0.1, -0.05) is 0 Å². The van der Waals surface area contributed by atoms with Gasteiger partial charge in [-0.25, -0.2) is 9.97 Å². The summed E-state index contributed by atoms with van der Waals surface area (Å²) in [6.07, 6.45) is -0.975. The van der Waals surface area contributed by atoms with Gasteiger partial charge < -0.3 is 30.4 Å². The van der Waals surface area contributed by atoms with E-state index >= 15 is 0 Å². The number of rotatable bonds is 2. The van der Waals surface area contributed by atoms with Crippen molar-refractivity contribution >= 4 is 16.9 Å². The molecule has 8 heteroatoms. The summed E-state index contributed by atoms with van der Waals surface area (Å²) in [4.78, 5) is 7.97. The van der Waals surface area contributed by atoms with Gasteiger partial charge in [0.1, 0.15) is 36.1 Å². The Morgan fingerprint density at radius 1 is 1.32 bits per heavy atom. The van der Waals surface area contributed by atoms with Crippen molar-refractivity contribution in [3.05, 3.63) is 18.6 Å². The maximum atomic E-state index is 9.98. The predicted molar refractivity (Wildman–Crippen MR) is 64.9 cm³/mol. The number of aliphatic hydroxyl groups is 3. The van der Waals surface area contributed by atoms with E-state index in [9.17, 15) is 10.2 Å². The molecule has 2 aromatic heterocycles. The van der Waals surface area contributed by atoms with Crippen LogP contribution in [0.2, 0.25) is 0 Å². The SMILES string of the molecule is Nc1ncnc2c1ccn2[C@@H]1OC(CO)C(O)C1O. The Bertz CT molecular complexity index is 601. The van der Waals surface area contributed by atoms with Crippen LogP contribution in [0, 0.1) is 0 Å². The molecule has 102 valence electrons. The normalized spacial score (nSPS) is 31.1. The third-order valence-corrected chi connectivity index (χ3v) is 3.33. The molecule has 5 N–H and O–H groups in total. The Morgan fingerprint density at radius 3 is 2.79 bits per heavy atom. The van der Waals surface area contributed by atoms with Crippen molar-refractivity contribution in [2.24, 2.45) is 0 Å². The summed E-state index contributed by atoms with van der Waals surface area (Å²) in [5.41, 5.74) is 6.23. The van der Waals surface area contributed by atoms with Gasteiger partial charge in [0.05, 0.1) is 12.0 Å². The molecule has 4 atom stereocenters. The second kappa shape index (κ2) is 4.42. The number of nitrogen functional groups attached to an aromatic ring is 1. The van der Waals surface area contributed by atoms with Gasteiger partial charge in [0, 0.05) is 6.20 Å². The van der Waals surface area contributed by atoms with Crippen LogP contribution in [0.4, 0.5) is 5.82 Å². The summed E-state index contributed by atoms with van der Waals surface area (Å²) < 4.78 is 7.01. The topological polar surface area (TPSA) is 127 Å². The van der Waals surface area contributed by atoms with Crippen molar-refractivity contribution < 1.29 is 20.1 Å². The zero-order valence-corrected chi connectivity index (χ0v) is 9.92. The Morgan fingerprint density at radius 2 is 2.11 bits per heavy atom. The van der Waals surface area contributed by atoms with Crippen molar-refractivity contribution in [1.29, 1.82) is 0 Å². The smallest absolute Gasteiger partial charge is 0.164 e. The van der Waals surface area contributed by atoms with Crippen molar-refractivity contribution in [2.75, 3.05) is 12.3 Å². The van der Waals surface area contributed by atoms with Gasteiger partial charge in [-0.2, -0.15) is 0 Å². The maximum Gasteiger partial charge on any atom is 0.164 e. The minimum absolute atomic E-state index is 0.329. The first-order valence-corrected chi connectivity index (χ1v) is 5.83. The summed E-state index contributed by atoms with van der Waals surface area (Å²) in [6, 6.07) is 1.71. The van der Waals surface area contributed by atoms with E-state index < -0.39 is 24.5 Å². The van der Waals surface area contributed by atoms with Crippen LogP contribution < -0.4 is 5.73 Å². The highest BCUT2D eigenvalue weighted by atomic mass is 16.6. The van der Waals surface area contributed by atoms with Crippen LogP contribution >= 0.6 is 0 Å². The summed E-state index contributed by atoms with van der Waals surface area (Å²) >= 11 is 0. The lowest BCUT2D eigenvalue weighted by molar-refractivity contribution is -0.0508. The third-order valence-electron chi connectivity index (χ3n) is 3.33. The lowest BCUT2D eigenvalue weighted by atomic mass is 10.1. The van der Waals surface area contributed by atoms with Gasteiger partial charge in [-0.05, 0) is 6.07 Å². The fraction of sp³-hybridized carbons (Fsp3) is 0.455. The minimum atomic E-state index is -1.15. The number of hydrogen-bond acceptors (Lipinski definition) is 7. The zero-order valence-electron chi connectivity index (χ0n) is 9.92. The number of ether oxygens (including phenoxy) is 1. The van der Waals surface area contributed by atoms with E-state index in [2.05, 4.69) is 9.97 Å². The number of fused-ring (bicyclic) bond motifs is 1. The largest absolute Gasteiger partial charge is 0.394 e. The van der Waals surface area contributed by atoms with Gasteiger partial charge in [0.25, 0.3) is 0 Å². The molecule has 1 saturated heterocycles. The number of aromatic nitrogens is 3. The second-order valence-electron chi connectivity index (χ2n) is 4.45. The molecule has 8 nitrogen and oxygen atoms in total. The highest BCUT2D eigenvalue weighted by Crippen LogP contribution is 2.32. The molecule has 0 spiro atoms. The Kier molecular flexibility index (Phi) is 2.86. The summed E-state index contributed by atoms with van der Waals surface area (Å²) in [5.74, 6) is 0.329. The molecule has 0 saturated carbocycles. The molecule has 3 heterocycles. The molecule has 0 radical (unpaired) electrons. The molecule has 3 unspecified atom stereocenters. The summed E-state index contributed by atoms with van der Waals surface area (Å²) in [5, 5.41) is 29.4. The maximum absolute atomic E-state index is 9.98. The zero-order chi connectivity index (χ0) is 13.6. The standard InChI is InChI=1S/C11H14N4O4/c12-9-5-1-2-15(10(5)14-4-13-9)11-8(18)7(17)6(3-16)19-11/h1-2,4,6-8,11,16-18H,3H2,(H2,12,13,14)/t6?,7?,8?,11-/m1/s1. The van der Waals surface area contributed by atoms with E-state index in [1.165, 1.54) is 6.33 Å². The number of nitrogens with two attached hydrogens (primary N) is 1. The average molecular weight is 266 g/mol. The van der Waals surface area contributed by atoms with Crippen molar-refractivity contribution in [2.45, 2.75) is 24.5 Å². The average Bonchev–Trinajstić information content (AvgIpc) is 2.94. The van der Waals surface area contributed by atoms with Gasteiger partial charge in [0.15, 0.2) is 6.23 Å². The fourth-order valence-electron chi connectivity index (χ4n) is 2.31. The van der Waals surface area contributed by atoms with Crippen LogP contribution in [-0.4, -0.2) is 54.8 Å². The highest BCUT2D eigenvalue weighted by molar-refractivity contribution is 5.86. The lowest BCUT2D eigenvalue weighted by Crippen LogP contribution is -2.33. The summed E-state index contributed by atoms with van der Waals surface area (Å²) in [7, 11) is 0. The van der Waals surface area contributed by atoms with Gasteiger partial charge in [-0.3, -0.25) is 0 Å². The van der Waals surface area contributed by atoms with E-state index in [1.54, 1.807) is 16.8 Å². The Hall–Kier alpha value is -1.74. The van der Waals surface area contributed by atoms with Gasteiger partial charge in [-0.15, -0.1) is 0 Å². The van der Waals surface area contributed by atoms with E-state index in [1.807, 2.05) is 0 Å². The quantitative estimate of drug-likeness (QED) is 0.528. The first kappa shape index (κ1) is 12.3. The molecule has 2 aromatic rings. The van der Waals surface area contributed by atoms with Gasteiger partial charge in [0.2, 0.25) is 0 Å². The first-order chi connectivity index (χ1) is 9.13. The van der Waals surface area contributed by atoms with Crippen molar-refractivity contribution in [3.8, 4) is 0 Å². The van der Waals surface area contributed by atoms with Crippen LogP contribution in [-0.2, 0) is 4.74 Å². The van der Waals surface area contributed by atoms with Crippen molar-refractivity contribution in [1.82, 2.24) is 14.5 Å². The third kappa shape index (κ3) is 1.77. The number of hydrogen-bond donors (Lipinski definition) is 4. The molecule has 3 rings (SSSR count). The van der Waals surface area contributed by atoms with E-state index in [0.29, 0.717) is 16.9 Å². The van der Waals surface area contributed by atoms with Gasteiger partial charge >= 0.3 is 0 Å². The molecule has 1 aliphatic rings. The molecule has 0 bridgehead atoms. The van der Waals surface area contributed by atoms with Crippen LogP contribution in [0.1, 0.15) is 6.23 Å². The fourth-order valence-corrected chi connectivity index (χ4v) is 2.31. The number of nitrogens with zero attached hydrogens (tertiary/aromatic N) is 3. The van der Waals surface area contributed by atoms with Crippen LogP contribution in [0.3, 0.4) is 0 Å². The molecule has 1 fully saturated rings. The van der Waals surface area contributed by atoms with Crippen molar-refractivity contribution in [3.63, 3.8) is 0 Å². The molecule has 0 aliphatic carbocycles. The van der Waals surface area contributed by atoms with Crippen LogP contribution in [0.15, 0.2) is 18.6 Å². The number of anilines is 1. The first-order valence-electron chi connectivity index (χ1n) is 5.83. The molecule has 1 aliphatic heterocycles. The van der Waals surface area contributed by atoms with E-state index in [4.69, 9.17) is 15.6 Å². The molecule has 19 heavy (non-hydrogen) atoms. The lowest BCUT2D eigenvalue weighted by Gasteiger charge is -2.17. The summed E-state index contributed by atoms with van der Waals surface area (Å²) in [6.45, 7) is -0.370. The highest BCUT2D eigenvalue weighted by Gasteiger charge is 2.43. The van der Waals surface area contributed by atoms with Crippen LogP contribution in [0.25, 0.3) is 11.0 Å². The molecular formula is C11H14N4O4. The van der Waals surface area contributed by atoms with E-state index in [0.717, 1.165) is 0 Å². The number of aliphatic hydroxyl groups excluding tert-OH is 3. The Balaban J connectivity index is 2.04. The second-order valence-corrected chi connectivity index (χ2v) is 4.45. The Labute approximate surface area is 108 Å².